The molecule has 0 saturated carbocycles. The minimum absolute atomic E-state index is 0.0720. The molecule has 0 amide bonds. The molecule has 3 aliphatic rings. The van der Waals surface area contributed by atoms with Crippen LogP contribution in [0.15, 0.2) is 91.5 Å². The summed E-state index contributed by atoms with van der Waals surface area (Å²) in [6.07, 6.45) is 5.25. The number of pyridine rings is 1. The average molecular weight is 659 g/mol. The Hall–Kier alpha value is -3.39. The Balaban J connectivity index is 1.05. The van der Waals surface area contributed by atoms with E-state index in [0.29, 0.717) is 44.4 Å². The van der Waals surface area contributed by atoms with Crippen LogP contribution < -0.4 is 15.8 Å². The topological polar surface area (TPSA) is 105 Å². The van der Waals surface area contributed by atoms with E-state index in [4.69, 9.17) is 14.2 Å². The van der Waals surface area contributed by atoms with Crippen molar-refractivity contribution in [1.29, 1.82) is 0 Å². The lowest BCUT2D eigenvalue weighted by Gasteiger charge is -2.35. The third-order valence-electron chi connectivity index (χ3n) is 8.33. The number of aryl methyl sites for hydroxylation is 1. The molecule has 2 saturated heterocycles. The summed E-state index contributed by atoms with van der Waals surface area (Å²) >= 11 is 3.55. The molecule has 2 aromatic heterocycles. The molecule has 2 N–H and O–H groups in total. The SMILES string of the molecule is Cc1cnc(C(COCCN2CCOCC2)Nc2ccc3c(c2)Sc2cccc(C4CN(c5ccc[nH]c5=O)CCO4)c2S3)nc1. The number of rotatable bonds is 10. The number of hydrogen-bond donors (Lipinski definition) is 2. The van der Waals surface area contributed by atoms with E-state index in [0.717, 1.165) is 49.7 Å². The molecule has 0 radical (unpaired) electrons. The van der Waals surface area contributed by atoms with Crippen LogP contribution in [0, 0.1) is 6.92 Å². The molecular formula is C34H38N6O4S2. The molecule has 2 atom stereocenters. The number of benzene rings is 2. The highest BCUT2D eigenvalue weighted by Gasteiger charge is 2.29. The summed E-state index contributed by atoms with van der Waals surface area (Å²) in [5, 5.41) is 3.66. The summed E-state index contributed by atoms with van der Waals surface area (Å²) in [6.45, 7) is 9.32. The fraction of sp³-hybridized carbons (Fsp3) is 0.382. The van der Waals surface area contributed by atoms with E-state index < -0.39 is 0 Å². The Morgan fingerprint density at radius 3 is 2.74 bits per heavy atom. The number of morpholine rings is 2. The summed E-state index contributed by atoms with van der Waals surface area (Å²) in [6, 6.07) is 16.5. The first-order valence-corrected chi connectivity index (χ1v) is 17.3. The van der Waals surface area contributed by atoms with Gasteiger partial charge in [-0.25, -0.2) is 9.97 Å². The van der Waals surface area contributed by atoms with Gasteiger partial charge in [-0.1, -0.05) is 35.7 Å². The van der Waals surface area contributed by atoms with Crippen molar-refractivity contribution in [3.05, 3.63) is 94.4 Å². The highest BCUT2D eigenvalue weighted by atomic mass is 32.2. The van der Waals surface area contributed by atoms with Gasteiger partial charge in [0.05, 0.1) is 33.0 Å². The van der Waals surface area contributed by atoms with Gasteiger partial charge in [-0.2, -0.15) is 0 Å². The first-order chi connectivity index (χ1) is 22.6. The Morgan fingerprint density at radius 1 is 1.02 bits per heavy atom. The number of hydrogen-bond acceptors (Lipinski definition) is 11. The van der Waals surface area contributed by atoms with E-state index in [-0.39, 0.29) is 17.7 Å². The van der Waals surface area contributed by atoms with Crippen LogP contribution in [0.25, 0.3) is 0 Å². The number of ether oxygens (including phenoxy) is 3. The first kappa shape index (κ1) is 31.2. The Morgan fingerprint density at radius 2 is 1.89 bits per heavy atom. The van der Waals surface area contributed by atoms with Crippen LogP contribution in [0.4, 0.5) is 11.4 Å². The predicted molar refractivity (Wildman–Crippen MR) is 180 cm³/mol. The van der Waals surface area contributed by atoms with Crippen molar-refractivity contribution in [2.75, 3.05) is 76.0 Å². The van der Waals surface area contributed by atoms with Crippen LogP contribution in [0.5, 0.6) is 0 Å². The molecule has 240 valence electrons. The van der Waals surface area contributed by atoms with Crippen molar-refractivity contribution < 1.29 is 14.2 Å². The van der Waals surface area contributed by atoms with Gasteiger partial charge in [-0.15, -0.1) is 0 Å². The predicted octanol–water partition coefficient (Wildman–Crippen LogP) is 5.17. The Kier molecular flexibility index (Phi) is 9.89. The molecule has 4 aromatic rings. The largest absolute Gasteiger partial charge is 0.379 e. The molecule has 3 aliphatic heterocycles. The van der Waals surface area contributed by atoms with Gasteiger partial charge >= 0.3 is 0 Å². The van der Waals surface area contributed by atoms with Crippen LogP contribution in [0.1, 0.15) is 29.1 Å². The molecule has 5 heterocycles. The molecular weight excluding hydrogens is 621 g/mol. The minimum atomic E-state index is -0.188. The molecule has 7 rings (SSSR count). The van der Waals surface area contributed by atoms with Gasteiger partial charge in [-0.05, 0) is 54.4 Å². The molecule has 0 bridgehead atoms. The number of aromatic nitrogens is 3. The van der Waals surface area contributed by atoms with Crippen LogP contribution in [0.2, 0.25) is 0 Å². The van der Waals surface area contributed by atoms with Gasteiger partial charge in [0, 0.05) is 76.6 Å². The molecule has 0 aliphatic carbocycles. The standard InChI is InChI=1S/C34H38N6O4S2/c1-23-19-36-33(37-20-23)26(22-43-16-12-39-10-14-42-15-11-39)38-24-7-8-29-31(18-24)45-30-6-2-4-25(32(30)46-29)28-21-40(13-17-44-28)27-5-3-9-35-34(27)41/h2-9,18-20,26,28,38H,10-17,21-22H2,1H3,(H,35,41). The lowest BCUT2D eigenvalue weighted by atomic mass is 10.1. The van der Waals surface area contributed by atoms with Crippen LogP contribution in [-0.2, 0) is 14.2 Å². The summed E-state index contributed by atoms with van der Waals surface area (Å²) in [7, 11) is 0. The van der Waals surface area contributed by atoms with Gasteiger partial charge in [0.1, 0.15) is 17.8 Å². The fourth-order valence-corrected chi connectivity index (χ4v) is 8.32. The highest BCUT2D eigenvalue weighted by molar-refractivity contribution is 8.05. The van der Waals surface area contributed by atoms with Crippen LogP contribution >= 0.6 is 23.5 Å². The highest BCUT2D eigenvalue weighted by Crippen LogP contribution is 2.52. The fourth-order valence-electron chi connectivity index (χ4n) is 5.87. The zero-order chi connectivity index (χ0) is 31.3. The number of nitrogens with zero attached hydrogens (tertiary/aromatic N) is 4. The maximum atomic E-state index is 12.5. The molecule has 2 fully saturated rings. The Bertz CT molecular complexity index is 1700. The lowest BCUT2D eigenvalue weighted by molar-refractivity contribution is 0.0192. The zero-order valence-electron chi connectivity index (χ0n) is 25.8. The van der Waals surface area contributed by atoms with Gasteiger partial charge in [0.15, 0.2) is 5.82 Å². The third kappa shape index (κ3) is 7.27. The number of nitrogens with one attached hydrogen (secondary N) is 2. The molecule has 46 heavy (non-hydrogen) atoms. The van der Waals surface area contributed by atoms with E-state index in [1.807, 2.05) is 31.5 Å². The summed E-state index contributed by atoms with van der Waals surface area (Å²) < 4.78 is 17.9. The number of H-pyrrole nitrogens is 1. The van der Waals surface area contributed by atoms with Crippen molar-refractivity contribution >= 4 is 34.9 Å². The average Bonchev–Trinajstić information content (AvgIpc) is 3.09. The lowest BCUT2D eigenvalue weighted by Crippen LogP contribution is -2.41. The first-order valence-electron chi connectivity index (χ1n) is 15.7. The second kappa shape index (κ2) is 14.6. The maximum absolute atomic E-state index is 12.5. The Labute approximate surface area is 277 Å². The summed E-state index contributed by atoms with van der Waals surface area (Å²) in [5.41, 5.74) is 3.79. The van der Waals surface area contributed by atoms with E-state index in [2.05, 4.69) is 66.5 Å². The van der Waals surface area contributed by atoms with Crippen LogP contribution in [0.3, 0.4) is 0 Å². The molecule has 0 spiro atoms. The van der Waals surface area contributed by atoms with Gasteiger partial charge in [0.2, 0.25) is 0 Å². The smallest absolute Gasteiger partial charge is 0.271 e. The van der Waals surface area contributed by atoms with Gasteiger partial charge in [0.25, 0.3) is 5.56 Å². The van der Waals surface area contributed by atoms with Crippen molar-refractivity contribution in [3.63, 3.8) is 0 Å². The van der Waals surface area contributed by atoms with Crippen molar-refractivity contribution in [3.8, 4) is 0 Å². The van der Waals surface area contributed by atoms with E-state index >= 15 is 0 Å². The van der Waals surface area contributed by atoms with E-state index in [1.54, 1.807) is 29.7 Å². The maximum Gasteiger partial charge on any atom is 0.271 e. The van der Waals surface area contributed by atoms with Crippen molar-refractivity contribution in [1.82, 2.24) is 19.9 Å². The van der Waals surface area contributed by atoms with Crippen LogP contribution in [-0.4, -0.2) is 85.6 Å². The zero-order valence-corrected chi connectivity index (χ0v) is 27.4. The van der Waals surface area contributed by atoms with Gasteiger partial charge in [-0.3, -0.25) is 9.69 Å². The van der Waals surface area contributed by atoms with Gasteiger partial charge < -0.3 is 29.4 Å². The number of fused-ring (bicyclic) bond motifs is 2. The monoisotopic (exact) mass is 658 g/mol. The number of aromatic amines is 1. The summed E-state index contributed by atoms with van der Waals surface area (Å²) in [4.78, 5) is 33.8. The third-order valence-corrected chi connectivity index (χ3v) is 10.9. The van der Waals surface area contributed by atoms with Crippen molar-refractivity contribution in [2.45, 2.75) is 38.7 Å². The van der Waals surface area contributed by atoms with E-state index in [9.17, 15) is 4.79 Å². The molecule has 2 aromatic carbocycles. The van der Waals surface area contributed by atoms with E-state index in [1.165, 1.54) is 19.6 Å². The molecule has 12 heteroatoms. The normalized spacial score (nSPS) is 18.9. The quantitative estimate of drug-likeness (QED) is 0.194. The molecule has 2 unspecified atom stereocenters. The summed E-state index contributed by atoms with van der Waals surface area (Å²) in [5.74, 6) is 0.714. The van der Waals surface area contributed by atoms with Crippen molar-refractivity contribution in [2.24, 2.45) is 0 Å². The minimum Gasteiger partial charge on any atom is -0.379 e. The number of anilines is 2. The second-order valence-corrected chi connectivity index (χ2v) is 13.7. The molecule has 10 nitrogen and oxygen atoms in total. The second-order valence-electron chi connectivity index (χ2n) is 11.6.